The van der Waals surface area contributed by atoms with Crippen LogP contribution in [0.1, 0.15) is 17.5 Å². The molecule has 0 heterocycles. The Labute approximate surface area is 164 Å². The molecule has 0 bridgehead atoms. The van der Waals surface area contributed by atoms with Crippen LogP contribution in [-0.2, 0) is 22.9 Å². The number of halogens is 2. The van der Waals surface area contributed by atoms with E-state index in [1.54, 1.807) is 19.2 Å². The van der Waals surface area contributed by atoms with E-state index >= 15 is 0 Å². The summed E-state index contributed by atoms with van der Waals surface area (Å²) in [7, 11) is 1.77. The predicted octanol–water partition coefficient (Wildman–Crippen LogP) is 3.71. The monoisotopic (exact) mass is 412 g/mol. The topological polar surface area (TPSA) is 58.6 Å². The van der Waals surface area contributed by atoms with Gasteiger partial charge in [0.25, 0.3) is 10.0 Å². The summed E-state index contributed by atoms with van der Waals surface area (Å²) in [6.45, 7) is 0. The number of anilines is 1. The highest BCUT2D eigenvalue weighted by Gasteiger charge is 2.29. The molecule has 0 saturated carbocycles. The van der Waals surface area contributed by atoms with Crippen LogP contribution in [0, 0.1) is 5.82 Å². The third kappa shape index (κ3) is 4.05. The largest absolute Gasteiger partial charge is 0.496 e. The van der Waals surface area contributed by atoms with Crippen LogP contribution < -0.4 is 9.46 Å². The summed E-state index contributed by atoms with van der Waals surface area (Å²) in [4.78, 5) is 2.36. The van der Waals surface area contributed by atoms with Gasteiger partial charge in [-0.05, 0) is 69.3 Å². The molecule has 2 aromatic carbocycles. The van der Waals surface area contributed by atoms with Gasteiger partial charge in [-0.25, -0.2) is 12.8 Å². The fourth-order valence-electron chi connectivity index (χ4n) is 3.45. The average Bonchev–Trinajstić information content (AvgIpc) is 2.62. The van der Waals surface area contributed by atoms with Gasteiger partial charge in [0.1, 0.15) is 11.6 Å². The van der Waals surface area contributed by atoms with E-state index in [0.29, 0.717) is 18.2 Å². The smallest absolute Gasteiger partial charge is 0.262 e. The lowest BCUT2D eigenvalue weighted by Gasteiger charge is -2.31. The molecular formula is C19H22ClFN2O3S. The highest BCUT2D eigenvalue weighted by Crippen LogP contribution is 2.36. The van der Waals surface area contributed by atoms with Crippen molar-refractivity contribution in [3.8, 4) is 5.75 Å². The van der Waals surface area contributed by atoms with Crippen molar-refractivity contribution in [1.82, 2.24) is 4.90 Å². The number of nitrogens with zero attached hydrogens (tertiary/aromatic N) is 1. The number of nitrogens with one attached hydrogen (secondary N) is 1. The van der Waals surface area contributed by atoms with Gasteiger partial charge >= 0.3 is 0 Å². The predicted molar refractivity (Wildman–Crippen MR) is 105 cm³/mol. The third-order valence-corrected chi connectivity index (χ3v) is 6.68. The van der Waals surface area contributed by atoms with Crippen molar-refractivity contribution >= 4 is 27.3 Å². The molecule has 146 valence electrons. The van der Waals surface area contributed by atoms with Gasteiger partial charge in [-0.15, -0.1) is 0 Å². The van der Waals surface area contributed by atoms with Crippen molar-refractivity contribution in [2.24, 2.45) is 0 Å². The Morgan fingerprint density at radius 3 is 2.59 bits per heavy atom. The zero-order valence-corrected chi connectivity index (χ0v) is 17.0. The Morgan fingerprint density at radius 2 is 1.96 bits per heavy atom. The van der Waals surface area contributed by atoms with E-state index in [2.05, 4.69) is 9.62 Å². The maximum Gasteiger partial charge on any atom is 0.262 e. The van der Waals surface area contributed by atoms with Crippen LogP contribution in [0.3, 0.4) is 0 Å². The lowest BCUT2D eigenvalue weighted by atomic mass is 9.87. The molecule has 0 radical (unpaired) electrons. The Balaban J connectivity index is 2.01. The molecule has 3 rings (SSSR count). The quantitative estimate of drug-likeness (QED) is 0.813. The maximum absolute atomic E-state index is 13.3. The average molecular weight is 413 g/mol. The number of sulfonamides is 1. The minimum atomic E-state index is -3.85. The number of likely N-dealkylation sites (N-methyl/N-ethyl adjacent to an activating group) is 1. The summed E-state index contributed by atoms with van der Waals surface area (Å²) >= 11 is 5.76. The van der Waals surface area contributed by atoms with Crippen molar-refractivity contribution < 1.29 is 17.5 Å². The molecule has 0 amide bonds. The van der Waals surface area contributed by atoms with Crippen LogP contribution in [-0.4, -0.2) is 40.6 Å². The molecule has 0 fully saturated rings. The zero-order chi connectivity index (χ0) is 19.8. The molecule has 2 aromatic rings. The highest BCUT2D eigenvalue weighted by molar-refractivity contribution is 7.92. The van der Waals surface area contributed by atoms with E-state index in [0.717, 1.165) is 30.0 Å². The SMILES string of the molecule is COc1ccc(S(=O)(=O)Nc2ccc(F)c(Cl)c2)c2c1C[C@@H](N(C)C)CC2. The molecule has 0 spiro atoms. The summed E-state index contributed by atoms with van der Waals surface area (Å²) in [5, 5.41) is -0.138. The van der Waals surface area contributed by atoms with E-state index < -0.39 is 15.8 Å². The van der Waals surface area contributed by atoms with E-state index in [1.807, 2.05) is 14.1 Å². The second kappa shape index (κ2) is 7.66. The Bertz CT molecular complexity index is 964. The lowest BCUT2D eigenvalue weighted by molar-refractivity contribution is 0.263. The van der Waals surface area contributed by atoms with Gasteiger partial charge in [-0.3, -0.25) is 4.72 Å². The molecule has 0 saturated heterocycles. The summed E-state index contributed by atoms with van der Waals surface area (Å²) in [5.41, 5.74) is 1.91. The number of fused-ring (bicyclic) bond motifs is 1. The van der Waals surface area contributed by atoms with Crippen molar-refractivity contribution in [3.63, 3.8) is 0 Å². The van der Waals surface area contributed by atoms with Gasteiger partial charge in [0, 0.05) is 11.6 Å². The molecular weight excluding hydrogens is 391 g/mol. The normalized spacial score (nSPS) is 16.9. The van der Waals surface area contributed by atoms with Gasteiger partial charge < -0.3 is 9.64 Å². The number of rotatable bonds is 5. The molecule has 1 atom stereocenters. The van der Waals surface area contributed by atoms with Gasteiger partial charge in [-0.1, -0.05) is 11.6 Å². The van der Waals surface area contributed by atoms with Crippen LogP contribution in [0.25, 0.3) is 0 Å². The second-order valence-corrected chi connectivity index (χ2v) is 8.88. The van der Waals surface area contributed by atoms with E-state index in [-0.39, 0.29) is 15.6 Å². The summed E-state index contributed by atoms with van der Waals surface area (Å²) in [6, 6.07) is 7.30. The van der Waals surface area contributed by atoms with E-state index in [1.165, 1.54) is 12.1 Å². The fraction of sp³-hybridized carbons (Fsp3) is 0.368. The standard InChI is InChI=1S/C19H22ClFN2O3S/c1-23(2)13-5-6-14-15(11-13)18(26-3)8-9-19(14)27(24,25)22-12-4-7-17(21)16(20)10-12/h4,7-10,13,22H,5-6,11H2,1-3H3/t13-/m0/s1. The first-order valence-corrected chi connectivity index (χ1v) is 10.4. The fourth-order valence-corrected chi connectivity index (χ4v) is 4.97. The molecule has 0 unspecified atom stereocenters. The molecule has 1 aliphatic carbocycles. The molecule has 1 aliphatic rings. The summed E-state index contributed by atoms with van der Waals surface area (Å²) in [5.74, 6) is 0.0940. The molecule has 1 N–H and O–H groups in total. The number of ether oxygens (including phenoxy) is 1. The summed E-state index contributed by atoms with van der Waals surface area (Å²) in [6.07, 6.45) is 2.21. The van der Waals surface area contributed by atoms with E-state index in [4.69, 9.17) is 16.3 Å². The van der Waals surface area contributed by atoms with Crippen LogP contribution in [0.2, 0.25) is 5.02 Å². The Kier molecular flexibility index (Phi) is 5.65. The van der Waals surface area contributed by atoms with Gasteiger partial charge in [-0.2, -0.15) is 0 Å². The molecule has 5 nitrogen and oxygen atoms in total. The van der Waals surface area contributed by atoms with Crippen LogP contribution >= 0.6 is 11.6 Å². The number of hydrogen-bond acceptors (Lipinski definition) is 4. The minimum absolute atomic E-state index is 0.138. The lowest BCUT2D eigenvalue weighted by Crippen LogP contribution is -2.34. The van der Waals surface area contributed by atoms with Gasteiger partial charge in [0.15, 0.2) is 0 Å². The molecule has 0 aliphatic heterocycles. The van der Waals surface area contributed by atoms with Crippen LogP contribution in [0.15, 0.2) is 35.2 Å². The van der Waals surface area contributed by atoms with Gasteiger partial charge in [0.2, 0.25) is 0 Å². The van der Waals surface area contributed by atoms with E-state index in [9.17, 15) is 12.8 Å². The highest BCUT2D eigenvalue weighted by atomic mass is 35.5. The van der Waals surface area contributed by atoms with Gasteiger partial charge in [0.05, 0.1) is 22.7 Å². The number of methoxy groups -OCH3 is 1. The molecule has 27 heavy (non-hydrogen) atoms. The van der Waals surface area contributed by atoms with Crippen molar-refractivity contribution in [3.05, 3.63) is 52.3 Å². The first-order chi connectivity index (χ1) is 12.7. The number of hydrogen-bond donors (Lipinski definition) is 1. The maximum atomic E-state index is 13.3. The Morgan fingerprint density at radius 1 is 1.22 bits per heavy atom. The van der Waals surface area contributed by atoms with Crippen molar-refractivity contribution in [2.45, 2.75) is 30.2 Å². The molecule has 0 aromatic heterocycles. The third-order valence-electron chi connectivity index (χ3n) is 4.92. The van der Waals surface area contributed by atoms with Crippen LogP contribution in [0.5, 0.6) is 5.75 Å². The zero-order valence-electron chi connectivity index (χ0n) is 15.4. The second-order valence-electron chi connectivity index (χ2n) is 6.82. The summed E-state index contributed by atoms with van der Waals surface area (Å²) < 4.78 is 47.3. The van der Waals surface area contributed by atoms with Crippen LogP contribution in [0.4, 0.5) is 10.1 Å². The number of benzene rings is 2. The first kappa shape index (κ1) is 19.9. The Hall–Kier alpha value is -1.83. The van der Waals surface area contributed by atoms with Crippen molar-refractivity contribution in [2.75, 3.05) is 25.9 Å². The molecule has 8 heteroatoms. The van der Waals surface area contributed by atoms with Crippen molar-refractivity contribution in [1.29, 1.82) is 0 Å². The minimum Gasteiger partial charge on any atom is -0.496 e. The first-order valence-electron chi connectivity index (χ1n) is 8.56.